The van der Waals surface area contributed by atoms with Gasteiger partial charge in [-0.3, -0.25) is 4.79 Å². The lowest BCUT2D eigenvalue weighted by Gasteiger charge is -2.09. The van der Waals surface area contributed by atoms with Crippen LogP contribution in [0.15, 0.2) is 53.4 Å². The molecule has 4 nitrogen and oxygen atoms in total. The van der Waals surface area contributed by atoms with E-state index in [1.807, 2.05) is 0 Å². The van der Waals surface area contributed by atoms with Gasteiger partial charge in [0, 0.05) is 12.8 Å². The van der Waals surface area contributed by atoms with Gasteiger partial charge in [0.15, 0.2) is 9.84 Å². The number of sulfone groups is 1. The summed E-state index contributed by atoms with van der Waals surface area (Å²) >= 11 is 0. The van der Waals surface area contributed by atoms with Gasteiger partial charge < -0.3 is 5.32 Å². The highest BCUT2D eigenvalue weighted by atomic mass is 32.2. The summed E-state index contributed by atoms with van der Waals surface area (Å²) in [6, 6.07) is 12.3. The minimum absolute atomic E-state index is 0.0154. The molecule has 0 aliphatic heterocycles. The molecule has 22 heavy (non-hydrogen) atoms. The molecule has 2 aromatic rings. The standard InChI is InChI=1S/C16H16FNO3S/c1-22(20,21)15-9-5-3-7-13(15)16(19)18-11-10-12-6-2-4-8-14(12)17/h2-9H,10-11H2,1H3,(H,18,19). The molecule has 0 aliphatic carbocycles. The molecular weight excluding hydrogens is 305 g/mol. The van der Waals surface area contributed by atoms with E-state index in [2.05, 4.69) is 5.32 Å². The third kappa shape index (κ3) is 3.92. The minimum atomic E-state index is -3.48. The Hall–Kier alpha value is -2.21. The van der Waals surface area contributed by atoms with Gasteiger partial charge in [0.1, 0.15) is 5.82 Å². The maximum atomic E-state index is 13.5. The van der Waals surface area contributed by atoms with Gasteiger partial charge in [-0.25, -0.2) is 12.8 Å². The van der Waals surface area contributed by atoms with Crippen LogP contribution in [0.2, 0.25) is 0 Å². The lowest BCUT2D eigenvalue weighted by atomic mass is 10.1. The maximum Gasteiger partial charge on any atom is 0.252 e. The van der Waals surface area contributed by atoms with Crippen molar-refractivity contribution in [2.24, 2.45) is 0 Å². The van der Waals surface area contributed by atoms with Gasteiger partial charge in [0.25, 0.3) is 5.91 Å². The van der Waals surface area contributed by atoms with Gasteiger partial charge >= 0.3 is 0 Å². The molecule has 2 aromatic carbocycles. The molecular formula is C16H16FNO3S. The number of carbonyl (C=O) groups is 1. The Labute approximate surface area is 128 Å². The third-order valence-corrected chi connectivity index (χ3v) is 4.32. The summed E-state index contributed by atoms with van der Waals surface area (Å²) < 4.78 is 36.8. The van der Waals surface area contributed by atoms with E-state index < -0.39 is 15.7 Å². The summed E-state index contributed by atoms with van der Waals surface area (Å²) in [4.78, 5) is 12.1. The molecule has 6 heteroatoms. The number of hydrogen-bond donors (Lipinski definition) is 1. The Kier molecular flexibility index (Phi) is 4.92. The monoisotopic (exact) mass is 321 g/mol. The first kappa shape index (κ1) is 16.2. The van der Waals surface area contributed by atoms with E-state index in [0.29, 0.717) is 12.0 Å². The molecule has 0 saturated carbocycles. The highest BCUT2D eigenvalue weighted by Crippen LogP contribution is 2.15. The van der Waals surface area contributed by atoms with Crippen molar-refractivity contribution in [2.75, 3.05) is 12.8 Å². The van der Waals surface area contributed by atoms with Crippen LogP contribution in [0.1, 0.15) is 15.9 Å². The van der Waals surface area contributed by atoms with Gasteiger partial charge in [-0.05, 0) is 30.2 Å². The molecule has 0 unspecified atom stereocenters. The summed E-state index contributed by atoms with van der Waals surface area (Å²) in [5.41, 5.74) is 0.595. The molecule has 0 radical (unpaired) electrons. The van der Waals surface area contributed by atoms with Crippen LogP contribution in [0.4, 0.5) is 4.39 Å². The van der Waals surface area contributed by atoms with Crippen molar-refractivity contribution in [1.29, 1.82) is 0 Å². The van der Waals surface area contributed by atoms with E-state index in [9.17, 15) is 17.6 Å². The molecule has 0 heterocycles. The number of nitrogens with one attached hydrogen (secondary N) is 1. The Morgan fingerprint density at radius 2 is 1.73 bits per heavy atom. The van der Waals surface area contributed by atoms with E-state index in [4.69, 9.17) is 0 Å². The van der Waals surface area contributed by atoms with Crippen LogP contribution in [-0.2, 0) is 16.3 Å². The summed E-state index contributed by atoms with van der Waals surface area (Å²) in [6.07, 6.45) is 1.39. The average molecular weight is 321 g/mol. The second kappa shape index (κ2) is 6.70. The fourth-order valence-corrected chi connectivity index (χ4v) is 2.97. The van der Waals surface area contributed by atoms with Crippen LogP contribution in [0.5, 0.6) is 0 Å². The van der Waals surface area contributed by atoms with Gasteiger partial charge in [-0.2, -0.15) is 0 Å². The fourth-order valence-electron chi connectivity index (χ4n) is 2.08. The third-order valence-electron chi connectivity index (χ3n) is 3.17. The molecule has 0 bridgehead atoms. The molecule has 1 amide bonds. The zero-order valence-corrected chi connectivity index (χ0v) is 12.9. The normalized spacial score (nSPS) is 11.2. The summed E-state index contributed by atoms with van der Waals surface area (Å²) in [7, 11) is -3.48. The number of halogens is 1. The second-order valence-electron chi connectivity index (χ2n) is 4.87. The minimum Gasteiger partial charge on any atom is -0.352 e. The zero-order valence-electron chi connectivity index (χ0n) is 12.0. The van der Waals surface area contributed by atoms with Crippen molar-refractivity contribution in [2.45, 2.75) is 11.3 Å². The maximum absolute atomic E-state index is 13.5. The van der Waals surface area contributed by atoms with E-state index in [-0.39, 0.29) is 22.8 Å². The van der Waals surface area contributed by atoms with Crippen molar-refractivity contribution in [3.8, 4) is 0 Å². The number of benzene rings is 2. The Bertz CT molecular complexity index is 787. The molecule has 116 valence electrons. The Morgan fingerprint density at radius 1 is 1.09 bits per heavy atom. The zero-order chi connectivity index (χ0) is 16.2. The lowest BCUT2D eigenvalue weighted by Crippen LogP contribution is -2.27. The van der Waals surface area contributed by atoms with Crippen molar-refractivity contribution < 1.29 is 17.6 Å². The molecule has 1 N–H and O–H groups in total. The van der Waals surface area contributed by atoms with Crippen LogP contribution in [0.25, 0.3) is 0 Å². The van der Waals surface area contributed by atoms with Gasteiger partial charge in [-0.15, -0.1) is 0 Å². The quantitative estimate of drug-likeness (QED) is 0.918. The predicted molar refractivity (Wildman–Crippen MR) is 82.0 cm³/mol. The summed E-state index contributed by atoms with van der Waals surface area (Å²) in [5, 5.41) is 2.62. The largest absolute Gasteiger partial charge is 0.352 e. The van der Waals surface area contributed by atoms with Gasteiger partial charge in [-0.1, -0.05) is 30.3 Å². The van der Waals surface area contributed by atoms with Crippen molar-refractivity contribution in [1.82, 2.24) is 5.32 Å². The Balaban J connectivity index is 2.07. The van der Waals surface area contributed by atoms with E-state index in [1.54, 1.807) is 30.3 Å². The molecule has 0 spiro atoms. The highest BCUT2D eigenvalue weighted by Gasteiger charge is 2.17. The number of rotatable bonds is 5. The molecule has 0 fully saturated rings. The summed E-state index contributed by atoms with van der Waals surface area (Å²) in [6.45, 7) is 0.220. The smallest absolute Gasteiger partial charge is 0.252 e. The second-order valence-corrected chi connectivity index (χ2v) is 6.85. The Morgan fingerprint density at radius 3 is 2.41 bits per heavy atom. The number of hydrogen-bond acceptors (Lipinski definition) is 3. The van der Waals surface area contributed by atoms with Crippen molar-refractivity contribution in [3.63, 3.8) is 0 Å². The first-order chi connectivity index (χ1) is 10.4. The van der Waals surface area contributed by atoms with E-state index in [0.717, 1.165) is 6.26 Å². The molecule has 0 aromatic heterocycles. The van der Waals surface area contributed by atoms with Crippen molar-refractivity contribution >= 4 is 15.7 Å². The fraction of sp³-hybridized carbons (Fsp3) is 0.188. The average Bonchev–Trinajstić information content (AvgIpc) is 2.48. The van der Waals surface area contributed by atoms with Crippen LogP contribution in [0.3, 0.4) is 0 Å². The SMILES string of the molecule is CS(=O)(=O)c1ccccc1C(=O)NCCc1ccccc1F. The predicted octanol–water partition coefficient (Wildman–Crippen LogP) is 2.20. The number of carbonyl (C=O) groups excluding carboxylic acids is 1. The van der Waals surface area contributed by atoms with Crippen LogP contribution >= 0.6 is 0 Å². The first-order valence-electron chi connectivity index (χ1n) is 6.70. The molecule has 0 atom stereocenters. The van der Waals surface area contributed by atoms with Crippen molar-refractivity contribution in [3.05, 3.63) is 65.5 Å². The molecule has 0 aliphatic rings. The van der Waals surface area contributed by atoms with Crippen LogP contribution in [-0.4, -0.2) is 27.1 Å². The van der Waals surface area contributed by atoms with E-state index >= 15 is 0 Å². The molecule has 0 saturated heterocycles. The first-order valence-corrected chi connectivity index (χ1v) is 8.59. The van der Waals surface area contributed by atoms with Gasteiger partial charge in [0.2, 0.25) is 0 Å². The number of amides is 1. The molecule has 2 rings (SSSR count). The topological polar surface area (TPSA) is 63.2 Å². The van der Waals surface area contributed by atoms with Crippen LogP contribution < -0.4 is 5.32 Å². The van der Waals surface area contributed by atoms with Gasteiger partial charge in [0.05, 0.1) is 10.5 Å². The lowest BCUT2D eigenvalue weighted by molar-refractivity contribution is 0.0950. The highest BCUT2D eigenvalue weighted by molar-refractivity contribution is 7.90. The van der Waals surface area contributed by atoms with Crippen LogP contribution in [0, 0.1) is 5.82 Å². The van der Waals surface area contributed by atoms with E-state index in [1.165, 1.54) is 18.2 Å². The summed E-state index contributed by atoms with van der Waals surface area (Å²) in [5.74, 6) is -0.814.